The smallest absolute Gasteiger partial charge is 0.182 e. The van der Waals surface area contributed by atoms with Crippen molar-refractivity contribution in [2.45, 2.75) is 6.54 Å². The summed E-state index contributed by atoms with van der Waals surface area (Å²) in [5.41, 5.74) is 1.64. The topological polar surface area (TPSA) is 26.1 Å². The summed E-state index contributed by atoms with van der Waals surface area (Å²) in [6.07, 6.45) is 1.45. The first kappa shape index (κ1) is 11.3. The van der Waals surface area contributed by atoms with Gasteiger partial charge in [0, 0.05) is 11.1 Å². The van der Waals surface area contributed by atoms with Crippen LogP contribution in [0.25, 0.3) is 0 Å². The van der Waals surface area contributed by atoms with Crippen LogP contribution in [0.1, 0.15) is 11.1 Å². The van der Waals surface area contributed by atoms with Gasteiger partial charge in [0.05, 0.1) is 0 Å². The molecule has 86 valence electrons. The zero-order valence-electron chi connectivity index (χ0n) is 9.21. The Labute approximate surface area is 99.2 Å². The minimum absolute atomic E-state index is 0.290. The summed E-state index contributed by atoms with van der Waals surface area (Å²) in [6.45, 7) is 0.290. The lowest BCUT2D eigenvalue weighted by Gasteiger charge is -2.03. The van der Waals surface area contributed by atoms with Crippen LogP contribution in [0.4, 0.5) is 4.39 Å². The van der Waals surface area contributed by atoms with Gasteiger partial charge in [0.15, 0.2) is 12.8 Å². The van der Waals surface area contributed by atoms with E-state index in [-0.39, 0.29) is 12.4 Å². The number of hydroxylamine groups is 1. The van der Waals surface area contributed by atoms with Crippen LogP contribution >= 0.6 is 0 Å². The number of rotatable bonds is 3. The van der Waals surface area contributed by atoms with Crippen molar-refractivity contribution < 1.29 is 9.13 Å². The van der Waals surface area contributed by atoms with E-state index < -0.39 is 0 Å². The number of nitrogens with zero attached hydrogens (tertiary/aromatic N) is 1. The van der Waals surface area contributed by atoms with Gasteiger partial charge < -0.3 is 5.21 Å². The van der Waals surface area contributed by atoms with Gasteiger partial charge >= 0.3 is 0 Å². The molecule has 0 atom stereocenters. The summed E-state index contributed by atoms with van der Waals surface area (Å²) < 4.78 is 13.5. The molecule has 0 saturated carbocycles. The number of halogens is 1. The highest BCUT2D eigenvalue weighted by Crippen LogP contribution is 2.02. The first-order chi connectivity index (χ1) is 8.24. The Morgan fingerprint density at radius 2 is 1.65 bits per heavy atom. The predicted molar refractivity (Wildman–Crippen MR) is 65.3 cm³/mol. The molecule has 0 aliphatic heterocycles. The Balaban J connectivity index is 2.09. The molecular weight excluding hydrogens is 217 g/mol. The molecule has 0 heterocycles. The van der Waals surface area contributed by atoms with Crippen LogP contribution in [0.15, 0.2) is 54.6 Å². The summed E-state index contributed by atoms with van der Waals surface area (Å²) in [4.78, 5) is 0. The highest BCUT2D eigenvalue weighted by Gasteiger charge is 1.98. The van der Waals surface area contributed by atoms with Gasteiger partial charge in [0.25, 0.3) is 0 Å². The Morgan fingerprint density at radius 1 is 1.00 bits per heavy atom. The van der Waals surface area contributed by atoms with Crippen LogP contribution in [-0.2, 0) is 6.54 Å². The van der Waals surface area contributed by atoms with Gasteiger partial charge in [-0.15, -0.1) is 0 Å². The van der Waals surface area contributed by atoms with E-state index in [1.165, 1.54) is 18.3 Å². The molecule has 2 aromatic rings. The molecule has 0 saturated heterocycles. The van der Waals surface area contributed by atoms with Crippen LogP contribution in [-0.4, -0.2) is 11.0 Å². The van der Waals surface area contributed by atoms with Crippen molar-refractivity contribution in [3.63, 3.8) is 0 Å². The largest absolute Gasteiger partial charge is 0.624 e. The molecule has 0 unspecified atom stereocenters. The minimum Gasteiger partial charge on any atom is -0.624 e. The molecule has 3 heteroatoms. The molecule has 0 aliphatic carbocycles. The van der Waals surface area contributed by atoms with Crippen molar-refractivity contribution in [2.75, 3.05) is 0 Å². The maximum absolute atomic E-state index is 12.7. The first-order valence-electron chi connectivity index (χ1n) is 5.32. The van der Waals surface area contributed by atoms with Crippen molar-refractivity contribution in [3.05, 3.63) is 76.7 Å². The van der Waals surface area contributed by atoms with Crippen LogP contribution in [0.2, 0.25) is 0 Å². The third kappa shape index (κ3) is 3.41. The standard InChI is InChI=1S/C14H12FNO/c15-14-8-6-13(7-9-14)11-16(17)10-12-4-2-1-3-5-12/h1-9,11H,10H2. The monoisotopic (exact) mass is 229 g/mol. The molecule has 0 radical (unpaired) electrons. The third-order valence-electron chi connectivity index (χ3n) is 2.34. The van der Waals surface area contributed by atoms with E-state index in [0.717, 1.165) is 10.3 Å². The van der Waals surface area contributed by atoms with E-state index in [0.29, 0.717) is 5.56 Å². The normalized spacial score (nSPS) is 11.5. The third-order valence-corrected chi connectivity index (χ3v) is 2.34. The number of hydrogen-bond acceptors (Lipinski definition) is 1. The van der Waals surface area contributed by atoms with Crippen molar-refractivity contribution in [1.29, 1.82) is 0 Å². The van der Waals surface area contributed by atoms with Gasteiger partial charge in [-0.2, -0.15) is 0 Å². The average molecular weight is 229 g/mol. The zero-order valence-corrected chi connectivity index (χ0v) is 9.21. The van der Waals surface area contributed by atoms with Crippen LogP contribution in [0, 0.1) is 11.0 Å². The molecular formula is C14H12FNO. The second-order valence-corrected chi connectivity index (χ2v) is 3.74. The highest BCUT2D eigenvalue weighted by atomic mass is 19.1. The van der Waals surface area contributed by atoms with Gasteiger partial charge in [-0.1, -0.05) is 30.3 Å². The van der Waals surface area contributed by atoms with Gasteiger partial charge in [0.1, 0.15) is 5.82 Å². The van der Waals surface area contributed by atoms with E-state index in [9.17, 15) is 9.60 Å². The zero-order chi connectivity index (χ0) is 12.1. The molecule has 2 rings (SSSR count). The maximum atomic E-state index is 12.7. The van der Waals surface area contributed by atoms with E-state index in [1.54, 1.807) is 12.1 Å². The summed E-state index contributed by atoms with van der Waals surface area (Å²) in [5, 5.41) is 11.6. The Morgan fingerprint density at radius 3 is 2.29 bits per heavy atom. The molecule has 17 heavy (non-hydrogen) atoms. The fourth-order valence-electron chi connectivity index (χ4n) is 1.52. The van der Waals surface area contributed by atoms with E-state index in [2.05, 4.69) is 0 Å². The van der Waals surface area contributed by atoms with E-state index in [1.807, 2.05) is 30.3 Å². The van der Waals surface area contributed by atoms with E-state index in [4.69, 9.17) is 0 Å². The summed E-state index contributed by atoms with van der Waals surface area (Å²) >= 11 is 0. The molecule has 0 fully saturated rings. The van der Waals surface area contributed by atoms with Crippen LogP contribution < -0.4 is 0 Å². The van der Waals surface area contributed by atoms with Gasteiger partial charge in [-0.3, -0.25) is 0 Å². The van der Waals surface area contributed by atoms with Gasteiger partial charge in [0.2, 0.25) is 0 Å². The fraction of sp³-hybridized carbons (Fsp3) is 0.0714. The summed E-state index contributed by atoms with van der Waals surface area (Å²) in [6, 6.07) is 15.3. The second kappa shape index (κ2) is 5.25. The summed E-state index contributed by atoms with van der Waals surface area (Å²) in [7, 11) is 0. The molecule has 0 amide bonds. The van der Waals surface area contributed by atoms with E-state index >= 15 is 0 Å². The molecule has 0 aliphatic rings. The number of hydrogen-bond donors (Lipinski definition) is 0. The van der Waals surface area contributed by atoms with Crippen molar-refractivity contribution in [2.24, 2.45) is 0 Å². The fourth-order valence-corrected chi connectivity index (χ4v) is 1.52. The van der Waals surface area contributed by atoms with Crippen molar-refractivity contribution in [3.8, 4) is 0 Å². The molecule has 2 nitrogen and oxygen atoms in total. The Kier molecular flexibility index (Phi) is 3.50. The number of benzene rings is 2. The molecule has 0 spiro atoms. The Hall–Kier alpha value is -2.16. The van der Waals surface area contributed by atoms with Crippen LogP contribution in [0.5, 0.6) is 0 Å². The lowest BCUT2D eigenvalue weighted by molar-refractivity contribution is -0.469. The Bertz CT molecular complexity index is 506. The average Bonchev–Trinajstić information content (AvgIpc) is 2.33. The lowest BCUT2D eigenvalue weighted by atomic mass is 10.2. The lowest BCUT2D eigenvalue weighted by Crippen LogP contribution is -2.05. The second-order valence-electron chi connectivity index (χ2n) is 3.74. The molecule has 0 N–H and O–H groups in total. The van der Waals surface area contributed by atoms with Gasteiger partial charge in [-0.25, -0.2) is 9.13 Å². The van der Waals surface area contributed by atoms with Crippen molar-refractivity contribution in [1.82, 2.24) is 0 Å². The molecule has 2 aromatic carbocycles. The maximum Gasteiger partial charge on any atom is 0.182 e. The predicted octanol–water partition coefficient (Wildman–Crippen LogP) is 2.96. The molecule has 0 aromatic heterocycles. The first-order valence-corrected chi connectivity index (χ1v) is 5.32. The SMILES string of the molecule is [O-][N+](=Cc1ccc(F)cc1)Cc1ccccc1. The quantitative estimate of drug-likeness (QED) is 0.344. The van der Waals surface area contributed by atoms with Gasteiger partial charge in [-0.05, 0) is 24.3 Å². The summed E-state index contributed by atoms with van der Waals surface area (Å²) in [5.74, 6) is -0.303. The molecule has 0 bridgehead atoms. The van der Waals surface area contributed by atoms with Crippen LogP contribution in [0.3, 0.4) is 0 Å². The van der Waals surface area contributed by atoms with Crippen molar-refractivity contribution >= 4 is 6.21 Å². The highest BCUT2D eigenvalue weighted by molar-refractivity contribution is 5.75. The minimum atomic E-state index is -0.303.